The largest absolute Gasteiger partial charge is 0.493 e. The fourth-order valence-electron chi connectivity index (χ4n) is 2.64. The Kier molecular flexibility index (Phi) is 6.52. The van der Waals surface area contributed by atoms with Crippen molar-refractivity contribution in [2.75, 3.05) is 20.7 Å². The average Bonchev–Trinajstić information content (AvgIpc) is 3.04. The Labute approximate surface area is 132 Å². The Morgan fingerprint density at radius 2 is 2.05 bits per heavy atom. The molecule has 1 amide bonds. The van der Waals surface area contributed by atoms with E-state index in [4.69, 9.17) is 9.47 Å². The highest BCUT2D eigenvalue weighted by Gasteiger charge is 2.18. The molecule has 1 aromatic carbocycles. The summed E-state index contributed by atoms with van der Waals surface area (Å²) in [6, 6.07) is 5.83. The van der Waals surface area contributed by atoms with E-state index < -0.39 is 0 Å². The van der Waals surface area contributed by atoms with Crippen LogP contribution in [0, 0.1) is 0 Å². The first kappa shape index (κ1) is 16.6. The van der Waals surface area contributed by atoms with Crippen molar-refractivity contribution >= 4 is 5.91 Å². The lowest BCUT2D eigenvalue weighted by molar-refractivity contribution is -0.121. The predicted octanol–water partition coefficient (Wildman–Crippen LogP) is 2.24. The third-order valence-corrected chi connectivity index (χ3v) is 3.92. The van der Waals surface area contributed by atoms with E-state index in [1.54, 1.807) is 7.11 Å². The van der Waals surface area contributed by atoms with Crippen LogP contribution in [0.15, 0.2) is 18.2 Å². The molecule has 0 spiro atoms. The van der Waals surface area contributed by atoms with Crippen molar-refractivity contribution in [2.45, 2.75) is 44.8 Å². The number of carbonyl (C=O) groups is 1. The Morgan fingerprint density at radius 3 is 2.73 bits per heavy atom. The van der Waals surface area contributed by atoms with Crippen LogP contribution in [0.4, 0.5) is 0 Å². The van der Waals surface area contributed by atoms with Crippen LogP contribution >= 0.6 is 0 Å². The van der Waals surface area contributed by atoms with E-state index in [1.807, 2.05) is 25.2 Å². The van der Waals surface area contributed by atoms with Crippen LogP contribution in [0.1, 0.15) is 37.7 Å². The van der Waals surface area contributed by atoms with Crippen molar-refractivity contribution in [1.82, 2.24) is 10.6 Å². The number of hydrogen-bond donors (Lipinski definition) is 2. The highest BCUT2D eigenvalue weighted by Crippen LogP contribution is 2.32. The molecule has 0 unspecified atom stereocenters. The quantitative estimate of drug-likeness (QED) is 0.773. The van der Waals surface area contributed by atoms with E-state index in [-0.39, 0.29) is 12.0 Å². The van der Waals surface area contributed by atoms with Crippen molar-refractivity contribution < 1.29 is 14.3 Å². The molecule has 0 saturated heterocycles. The maximum absolute atomic E-state index is 11.7. The number of hydrogen-bond acceptors (Lipinski definition) is 4. The molecule has 1 aliphatic rings. The summed E-state index contributed by atoms with van der Waals surface area (Å²) in [6.45, 7) is 1.19. The maximum atomic E-state index is 11.7. The van der Waals surface area contributed by atoms with Crippen molar-refractivity contribution in [3.8, 4) is 11.5 Å². The minimum Gasteiger partial charge on any atom is -0.493 e. The fourth-order valence-corrected chi connectivity index (χ4v) is 2.64. The zero-order valence-corrected chi connectivity index (χ0v) is 13.5. The molecule has 2 rings (SSSR count). The molecule has 0 atom stereocenters. The van der Waals surface area contributed by atoms with E-state index in [9.17, 15) is 4.79 Å². The molecular weight excluding hydrogens is 280 g/mol. The number of benzene rings is 1. The van der Waals surface area contributed by atoms with E-state index in [1.165, 1.54) is 12.8 Å². The van der Waals surface area contributed by atoms with Crippen molar-refractivity contribution in [3.05, 3.63) is 23.8 Å². The molecule has 0 radical (unpaired) electrons. The molecule has 1 saturated carbocycles. The highest BCUT2D eigenvalue weighted by molar-refractivity contribution is 5.76. The monoisotopic (exact) mass is 306 g/mol. The van der Waals surface area contributed by atoms with Crippen molar-refractivity contribution in [3.63, 3.8) is 0 Å². The van der Waals surface area contributed by atoms with Crippen LogP contribution in [-0.2, 0) is 11.3 Å². The summed E-state index contributed by atoms with van der Waals surface area (Å²) in [5, 5.41) is 5.88. The molecule has 0 heterocycles. The maximum Gasteiger partial charge on any atom is 0.221 e. The molecule has 5 heteroatoms. The van der Waals surface area contributed by atoms with Gasteiger partial charge in [0.25, 0.3) is 0 Å². The van der Waals surface area contributed by atoms with Crippen molar-refractivity contribution in [1.29, 1.82) is 0 Å². The van der Waals surface area contributed by atoms with Gasteiger partial charge in [-0.15, -0.1) is 0 Å². The van der Waals surface area contributed by atoms with Gasteiger partial charge >= 0.3 is 0 Å². The number of rotatable bonds is 8. The summed E-state index contributed by atoms with van der Waals surface area (Å²) < 4.78 is 11.4. The number of amides is 1. The molecule has 0 bridgehead atoms. The number of ether oxygens (including phenoxy) is 2. The lowest BCUT2D eigenvalue weighted by atomic mass is 10.2. The Bertz CT molecular complexity index is 485. The molecule has 1 fully saturated rings. The predicted molar refractivity (Wildman–Crippen MR) is 86.3 cm³/mol. The highest BCUT2D eigenvalue weighted by atomic mass is 16.5. The first-order chi connectivity index (χ1) is 10.7. The average molecular weight is 306 g/mol. The van der Waals surface area contributed by atoms with Gasteiger partial charge in [0, 0.05) is 19.5 Å². The van der Waals surface area contributed by atoms with Crippen LogP contribution in [0.25, 0.3) is 0 Å². The van der Waals surface area contributed by atoms with E-state index >= 15 is 0 Å². The van der Waals surface area contributed by atoms with Gasteiger partial charge in [-0.3, -0.25) is 4.79 Å². The molecule has 22 heavy (non-hydrogen) atoms. The van der Waals surface area contributed by atoms with Crippen molar-refractivity contribution in [2.24, 2.45) is 0 Å². The lowest BCUT2D eigenvalue weighted by Crippen LogP contribution is -2.26. The zero-order chi connectivity index (χ0) is 15.8. The zero-order valence-electron chi connectivity index (χ0n) is 13.5. The summed E-state index contributed by atoms with van der Waals surface area (Å²) in [5.74, 6) is 1.57. The van der Waals surface area contributed by atoms with Gasteiger partial charge in [-0.25, -0.2) is 0 Å². The molecule has 2 N–H and O–H groups in total. The fraction of sp³-hybridized carbons (Fsp3) is 0.588. The molecule has 122 valence electrons. The summed E-state index contributed by atoms with van der Waals surface area (Å²) >= 11 is 0. The van der Waals surface area contributed by atoms with Crippen LogP contribution in [0.3, 0.4) is 0 Å². The minimum absolute atomic E-state index is 0.0448. The second kappa shape index (κ2) is 8.63. The third kappa shape index (κ3) is 4.91. The Hall–Kier alpha value is -1.75. The Morgan fingerprint density at radius 1 is 1.27 bits per heavy atom. The van der Waals surface area contributed by atoms with E-state index in [0.29, 0.717) is 19.5 Å². The standard InChI is InChI=1S/C17H26N2O3/c1-18-10-9-17(20)19-12-13-7-8-15(21-2)16(11-13)22-14-5-3-4-6-14/h7-8,11,14,18H,3-6,9-10,12H2,1-2H3,(H,19,20). The van der Waals surface area contributed by atoms with Gasteiger partial charge < -0.3 is 20.1 Å². The first-order valence-electron chi connectivity index (χ1n) is 7.98. The minimum atomic E-state index is 0.0448. The Balaban J connectivity index is 1.95. The summed E-state index contributed by atoms with van der Waals surface area (Å²) in [5.41, 5.74) is 1.02. The molecule has 0 aliphatic heterocycles. The van der Waals surface area contributed by atoms with Gasteiger partial charge in [0.05, 0.1) is 13.2 Å². The van der Waals surface area contributed by atoms with E-state index in [2.05, 4.69) is 10.6 Å². The molecule has 1 aliphatic carbocycles. The lowest BCUT2D eigenvalue weighted by Gasteiger charge is -2.17. The van der Waals surface area contributed by atoms with Crippen LogP contribution in [-0.4, -0.2) is 32.7 Å². The van der Waals surface area contributed by atoms with Gasteiger partial charge in [0.1, 0.15) is 0 Å². The van der Waals surface area contributed by atoms with Gasteiger partial charge in [-0.1, -0.05) is 6.07 Å². The summed E-state index contributed by atoms with van der Waals surface area (Å²) in [4.78, 5) is 11.7. The van der Waals surface area contributed by atoms with E-state index in [0.717, 1.165) is 29.9 Å². The normalized spacial score (nSPS) is 14.8. The third-order valence-electron chi connectivity index (χ3n) is 3.92. The second-order valence-electron chi connectivity index (χ2n) is 5.64. The molecule has 1 aromatic rings. The topological polar surface area (TPSA) is 59.6 Å². The summed E-state index contributed by atoms with van der Waals surface area (Å²) in [7, 11) is 3.49. The van der Waals surface area contributed by atoms with Gasteiger partial charge in [0.2, 0.25) is 5.91 Å². The van der Waals surface area contributed by atoms with Gasteiger partial charge in [-0.05, 0) is 50.4 Å². The van der Waals surface area contributed by atoms with Gasteiger partial charge in [-0.2, -0.15) is 0 Å². The molecule has 0 aromatic heterocycles. The second-order valence-corrected chi connectivity index (χ2v) is 5.64. The first-order valence-corrected chi connectivity index (χ1v) is 7.98. The van der Waals surface area contributed by atoms with Crippen LogP contribution in [0.2, 0.25) is 0 Å². The molecule has 5 nitrogen and oxygen atoms in total. The van der Waals surface area contributed by atoms with Crippen LogP contribution < -0.4 is 20.1 Å². The molecular formula is C17H26N2O3. The smallest absolute Gasteiger partial charge is 0.221 e. The SMILES string of the molecule is CNCCC(=O)NCc1ccc(OC)c(OC2CCCC2)c1. The van der Waals surface area contributed by atoms with Crippen LogP contribution in [0.5, 0.6) is 11.5 Å². The summed E-state index contributed by atoms with van der Waals surface area (Å²) in [6.07, 6.45) is 5.44. The number of nitrogens with one attached hydrogen (secondary N) is 2. The number of carbonyl (C=O) groups excluding carboxylic acids is 1. The number of methoxy groups -OCH3 is 1. The van der Waals surface area contributed by atoms with Gasteiger partial charge in [0.15, 0.2) is 11.5 Å².